The van der Waals surface area contributed by atoms with Crippen LogP contribution in [-0.2, 0) is 0 Å². The van der Waals surface area contributed by atoms with E-state index in [1.807, 2.05) is 6.92 Å². The topological polar surface area (TPSA) is 54.0 Å². The van der Waals surface area contributed by atoms with Crippen LogP contribution in [0.4, 0.5) is 10.2 Å². The van der Waals surface area contributed by atoms with Gasteiger partial charge < -0.3 is 10.6 Å². The lowest BCUT2D eigenvalue weighted by Crippen LogP contribution is -2.26. The van der Waals surface area contributed by atoms with Crippen LogP contribution in [0.2, 0.25) is 0 Å². The first-order chi connectivity index (χ1) is 8.69. The number of anilines is 1. The molecular weight excluding hydrogens is 233 g/mol. The molecule has 0 radical (unpaired) electrons. The number of hydrogen-bond acceptors (Lipinski definition) is 3. The first-order valence-electron chi connectivity index (χ1n) is 6.36. The summed E-state index contributed by atoms with van der Waals surface area (Å²) in [6.45, 7) is 5.24. The van der Waals surface area contributed by atoms with Crippen molar-refractivity contribution in [3.05, 3.63) is 23.6 Å². The zero-order valence-corrected chi connectivity index (χ0v) is 10.9. The van der Waals surface area contributed by atoms with E-state index in [0.29, 0.717) is 18.9 Å². The van der Waals surface area contributed by atoms with Crippen LogP contribution >= 0.6 is 0 Å². The third-order valence-electron chi connectivity index (χ3n) is 2.51. The summed E-state index contributed by atoms with van der Waals surface area (Å²) >= 11 is 0. The molecule has 0 saturated heterocycles. The summed E-state index contributed by atoms with van der Waals surface area (Å²) in [5.74, 6) is -0.365. The van der Waals surface area contributed by atoms with Gasteiger partial charge in [-0.05, 0) is 19.4 Å². The third-order valence-corrected chi connectivity index (χ3v) is 2.51. The second kappa shape index (κ2) is 7.63. The van der Waals surface area contributed by atoms with Crippen molar-refractivity contribution >= 4 is 11.7 Å². The zero-order valence-electron chi connectivity index (χ0n) is 10.9. The lowest BCUT2D eigenvalue weighted by atomic mass is 10.2. The van der Waals surface area contributed by atoms with Crippen LogP contribution in [-0.4, -0.2) is 24.0 Å². The maximum absolute atomic E-state index is 13.1. The second-order valence-corrected chi connectivity index (χ2v) is 4.04. The SMILES string of the molecule is CCCCCNC(=O)c1cc(F)cnc1NCC. The Labute approximate surface area is 107 Å². The number of nitrogens with zero attached hydrogens (tertiary/aromatic N) is 1. The minimum Gasteiger partial charge on any atom is -0.370 e. The fourth-order valence-electron chi connectivity index (χ4n) is 1.59. The van der Waals surface area contributed by atoms with Gasteiger partial charge in [0, 0.05) is 13.1 Å². The highest BCUT2D eigenvalue weighted by Gasteiger charge is 2.13. The number of halogens is 1. The highest BCUT2D eigenvalue weighted by Crippen LogP contribution is 2.13. The summed E-state index contributed by atoms with van der Waals surface area (Å²) in [5, 5.41) is 5.72. The number of carbonyl (C=O) groups is 1. The van der Waals surface area contributed by atoms with E-state index < -0.39 is 5.82 Å². The molecule has 5 heteroatoms. The molecule has 0 aliphatic rings. The minimum absolute atomic E-state index is 0.258. The quantitative estimate of drug-likeness (QED) is 0.734. The van der Waals surface area contributed by atoms with E-state index in [1.54, 1.807) is 0 Å². The highest BCUT2D eigenvalue weighted by atomic mass is 19.1. The molecule has 100 valence electrons. The summed E-state index contributed by atoms with van der Waals surface area (Å²) in [5.41, 5.74) is 0.258. The third kappa shape index (κ3) is 4.31. The monoisotopic (exact) mass is 253 g/mol. The van der Waals surface area contributed by atoms with E-state index in [4.69, 9.17) is 0 Å². The largest absolute Gasteiger partial charge is 0.370 e. The standard InChI is InChI=1S/C13H20FN3O/c1-3-5-6-7-16-13(18)11-8-10(14)9-17-12(11)15-4-2/h8-9H,3-7H2,1-2H3,(H,15,17)(H,16,18). The molecule has 0 aromatic carbocycles. The number of carbonyl (C=O) groups excluding carboxylic acids is 1. The van der Waals surface area contributed by atoms with Gasteiger partial charge in [-0.15, -0.1) is 0 Å². The van der Waals surface area contributed by atoms with Crippen molar-refractivity contribution in [3.63, 3.8) is 0 Å². The van der Waals surface area contributed by atoms with Crippen LogP contribution in [0.25, 0.3) is 0 Å². The van der Waals surface area contributed by atoms with Crippen molar-refractivity contribution in [2.24, 2.45) is 0 Å². The minimum atomic E-state index is -0.504. The van der Waals surface area contributed by atoms with Gasteiger partial charge in [-0.3, -0.25) is 4.79 Å². The Morgan fingerprint density at radius 3 is 2.83 bits per heavy atom. The Kier molecular flexibility index (Phi) is 6.11. The molecule has 1 aromatic rings. The van der Waals surface area contributed by atoms with Gasteiger partial charge in [0.2, 0.25) is 0 Å². The van der Waals surface area contributed by atoms with Crippen LogP contribution in [0.5, 0.6) is 0 Å². The van der Waals surface area contributed by atoms with Crippen molar-refractivity contribution in [2.75, 3.05) is 18.4 Å². The first kappa shape index (κ1) is 14.4. The molecule has 0 aliphatic heterocycles. The lowest BCUT2D eigenvalue weighted by Gasteiger charge is -2.10. The van der Waals surface area contributed by atoms with Crippen molar-refractivity contribution in [1.29, 1.82) is 0 Å². The maximum Gasteiger partial charge on any atom is 0.255 e. The van der Waals surface area contributed by atoms with Crippen LogP contribution in [0, 0.1) is 5.82 Å². The highest BCUT2D eigenvalue weighted by molar-refractivity contribution is 5.98. The average Bonchev–Trinajstić information content (AvgIpc) is 2.37. The van der Waals surface area contributed by atoms with Gasteiger partial charge in [0.1, 0.15) is 11.6 Å². The van der Waals surface area contributed by atoms with Gasteiger partial charge in [0.25, 0.3) is 5.91 Å². The maximum atomic E-state index is 13.1. The number of pyridine rings is 1. The van der Waals surface area contributed by atoms with Gasteiger partial charge in [0.05, 0.1) is 11.8 Å². The number of aromatic nitrogens is 1. The number of unbranched alkanes of at least 4 members (excludes halogenated alkanes) is 2. The van der Waals surface area contributed by atoms with E-state index in [9.17, 15) is 9.18 Å². The molecule has 1 aromatic heterocycles. The Hall–Kier alpha value is -1.65. The molecule has 0 atom stereocenters. The van der Waals surface area contributed by atoms with Gasteiger partial charge in [-0.1, -0.05) is 19.8 Å². The Morgan fingerprint density at radius 2 is 2.17 bits per heavy atom. The van der Waals surface area contributed by atoms with Gasteiger partial charge in [0.15, 0.2) is 0 Å². The molecule has 0 bridgehead atoms. The predicted molar refractivity (Wildman–Crippen MR) is 70.2 cm³/mol. The molecule has 0 spiro atoms. The van der Waals surface area contributed by atoms with Crippen LogP contribution in [0.15, 0.2) is 12.3 Å². The van der Waals surface area contributed by atoms with Gasteiger partial charge >= 0.3 is 0 Å². The van der Waals surface area contributed by atoms with Crippen molar-refractivity contribution < 1.29 is 9.18 Å². The van der Waals surface area contributed by atoms with Crippen molar-refractivity contribution in [3.8, 4) is 0 Å². The Balaban J connectivity index is 2.67. The fraction of sp³-hybridized carbons (Fsp3) is 0.538. The molecule has 18 heavy (non-hydrogen) atoms. The van der Waals surface area contributed by atoms with Crippen LogP contribution < -0.4 is 10.6 Å². The zero-order chi connectivity index (χ0) is 13.4. The normalized spacial score (nSPS) is 10.2. The number of hydrogen-bond donors (Lipinski definition) is 2. The van der Waals surface area contributed by atoms with Crippen molar-refractivity contribution in [2.45, 2.75) is 33.1 Å². The smallest absolute Gasteiger partial charge is 0.255 e. The number of nitrogens with one attached hydrogen (secondary N) is 2. The first-order valence-corrected chi connectivity index (χ1v) is 6.36. The van der Waals surface area contributed by atoms with Crippen molar-refractivity contribution in [1.82, 2.24) is 10.3 Å². The Morgan fingerprint density at radius 1 is 1.39 bits per heavy atom. The number of amides is 1. The summed E-state index contributed by atoms with van der Waals surface area (Å²) in [7, 11) is 0. The number of rotatable bonds is 7. The van der Waals surface area contributed by atoms with Crippen LogP contribution in [0.1, 0.15) is 43.5 Å². The molecular formula is C13H20FN3O. The molecule has 1 amide bonds. The fourth-order valence-corrected chi connectivity index (χ4v) is 1.59. The van der Waals surface area contributed by atoms with Crippen LogP contribution in [0.3, 0.4) is 0 Å². The van der Waals surface area contributed by atoms with E-state index in [-0.39, 0.29) is 11.5 Å². The molecule has 0 unspecified atom stereocenters. The van der Waals surface area contributed by atoms with E-state index in [1.165, 1.54) is 6.07 Å². The van der Waals surface area contributed by atoms with Gasteiger partial charge in [-0.25, -0.2) is 9.37 Å². The predicted octanol–water partition coefficient (Wildman–Crippen LogP) is 2.57. The Bertz CT molecular complexity index is 396. The molecule has 2 N–H and O–H groups in total. The molecule has 4 nitrogen and oxygen atoms in total. The summed E-state index contributed by atoms with van der Waals surface area (Å²) in [6, 6.07) is 1.21. The van der Waals surface area contributed by atoms with E-state index in [0.717, 1.165) is 25.5 Å². The molecule has 0 aliphatic carbocycles. The van der Waals surface area contributed by atoms with E-state index in [2.05, 4.69) is 22.5 Å². The molecule has 0 saturated carbocycles. The second-order valence-electron chi connectivity index (χ2n) is 4.04. The molecule has 1 heterocycles. The molecule has 1 rings (SSSR count). The summed E-state index contributed by atoms with van der Waals surface area (Å²) < 4.78 is 13.1. The summed E-state index contributed by atoms with van der Waals surface area (Å²) in [6.07, 6.45) is 4.20. The van der Waals surface area contributed by atoms with E-state index >= 15 is 0 Å². The lowest BCUT2D eigenvalue weighted by molar-refractivity contribution is 0.0953. The van der Waals surface area contributed by atoms with Gasteiger partial charge in [-0.2, -0.15) is 0 Å². The molecule has 0 fully saturated rings. The summed E-state index contributed by atoms with van der Waals surface area (Å²) in [4.78, 5) is 15.8. The average molecular weight is 253 g/mol.